The number of halogens is 1. The van der Waals surface area contributed by atoms with Gasteiger partial charge in [0.2, 0.25) is 0 Å². The lowest BCUT2D eigenvalue weighted by Gasteiger charge is -2.06. The van der Waals surface area contributed by atoms with E-state index in [1.807, 2.05) is 66.7 Å². The van der Waals surface area contributed by atoms with Crippen LogP contribution in [0.15, 0.2) is 83.3 Å². The van der Waals surface area contributed by atoms with E-state index >= 15 is 0 Å². The normalized spacial score (nSPS) is 11.3. The Balaban J connectivity index is 1.77. The van der Waals surface area contributed by atoms with Crippen LogP contribution >= 0.6 is 11.6 Å². The van der Waals surface area contributed by atoms with E-state index in [4.69, 9.17) is 21.0 Å². The van der Waals surface area contributed by atoms with E-state index in [0.29, 0.717) is 11.0 Å². The minimum Gasteiger partial charge on any atom is -0.455 e. The van der Waals surface area contributed by atoms with Crippen LogP contribution in [0.5, 0.6) is 0 Å². The van der Waals surface area contributed by atoms with Gasteiger partial charge in [0, 0.05) is 22.4 Å². The summed E-state index contributed by atoms with van der Waals surface area (Å²) in [6.07, 6.45) is 0. The van der Waals surface area contributed by atoms with Crippen molar-refractivity contribution >= 4 is 33.5 Å². The minimum absolute atomic E-state index is 0.405. The van der Waals surface area contributed by atoms with Gasteiger partial charge in [0.15, 0.2) is 5.82 Å². The van der Waals surface area contributed by atoms with Crippen LogP contribution in [0.3, 0.4) is 0 Å². The maximum Gasteiger partial charge on any atom is 0.165 e. The van der Waals surface area contributed by atoms with Gasteiger partial charge in [0.05, 0.1) is 11.3 Å². The average Bonchev–Trinajstić information content (AvgIpc) is 3.07. The number of para-hydroxylation sites is 2. The lowest BCUT2D eigenvalue weighted by atomic mass is 10.1. The molecule has 4 heteroatoms. The first-order valence-corrected chi connectivity index (χ1v) is 8.68. The Kier molecular flexibility index (Phi) is 3.47. The van der Waals surface area contributed by atoms with Crippen molar-refractivity contribution in [2.24, 2.45) is 0 Å². The van der Waals surface area contributed by atoms with Gasteiger partial charge in [0.25, 0.3) is 0 Å². The van der Waals surface area contributed by atoms with Gasteiger partial charge in [-0.2, -0.15) is 0 Å². The van der Waals surface area contributed by atoms with E-state index < -0.39 is 0 Å². The lowest BCUT2D eigenvalue weighted by Crippen LogP contribution is -1.93. The van der Waals surface area contributed by atoms with Crippen molar-refractivity contribution in [3.8, 4) is 22.6 Å². The molecular formula is C22H13ClN2O. The van der Waals surface area contributed by atoms with Crippen LogP contribution in [-0.4, -0.2) is 9.97 Å². The van der Waals surface area contributed by atoms with Gasteiger partial charge in [-0.05, 0) is 12.1 Å². The molecule has 0 atom stereocenters. The second-order valence-electron chi connectivity index (χ2n) is 6.05. The van der Waals surface area contributed by atoms with Crippen LogP contribution < -0.4 is 0 Å². The Morgan fingerprint density at radius 2 is 1.50 bits per heavy atom. The molecule has 5 aromatic rings. The molecule has 0 bridgehead atoms. The standard InChI is InChI=1S/C22H13ClN2O/c23-20-13-18(14-7-2-1-3-8-14)24-22(25-20)17-11-6-10-16-15-9-4-5-12-19(15)26-21(16)17/h1-13H. The topological polar surface area (TPSA) is 38.9 Å². The minimum atomic E-state index is 0.405. The molecule has 0 radical (unpaired) electrons. The first kappa shape index (κ1) is 15.1. The Bertz CT molecular complexity index is 1250. The third kappa shape index (κ3) is 2.45. The second kappa shape index (κ2) is 5.97. The summed E-state index contributed by atoms with van der Waals surface area (Å²) in [6.45, 7) is 0. The number of nitrogens with zero attached hydrogens (tertiary/aromatic N) is 2. The Morgan fingerprint density at radius 1 is 0.731 bits per heavy atom. The molecule has 0 unspecified atom stereocenters. The molecule has 0 saturated heterocycles. The largest absolute Gasteiger partial charge is 0.455 e. The third-order valence-electron chi connectivity index (χ3n) is 4.41. The molecule has 5 rings (SSSR count). The van der Waals surface area contributed by atoms with E-state index in [2.05, 4.69) is 11.1 Å². The monoisotopic (exact) mass is 356 g/mol. The number of hydrogen-bond donors (Lipinski definition) is 0. The number of furan rings is 1. The Hall–Kier alpha value is -3.17. The maximum atomic E-state index is 6.30. The first-order valence-electron chi connectivity index (χ1n) is 8.30. The summed E-state index contributed by atoms with van der Waals surface area (Å²) >= 11 is 6.30. The lowest BCUT2D eigenvalue weighted by molar-refractivity contribution is 0.669. The summed E-state index contributed by atoms with van der Waals surface area (Å²) in [5.74, 6) is 0.556. The van der Waals surface area contributed by atoms with Crippen molar-refractivity contribution in [1.29, 1.82) is 0 Å². The summed E-state index contributed by atoms with van der Waals surface area (Å²) < 4.78 is 6.10. The number of aromatic nitrogens is 2. The predicted octanol–water partition coefficient (Wildman–Crippen LogP) is 6.36. The van der Waals surface area contributed by atoms with Crippen LogP contribution in [0.2, 0.25) is 5.15 Å². The van der Waals surface area contributed by atoms with E-state index in [0.717, 1.165) is 38.8 Å². The highest BCUT2D eigenvalue weighted by molar-refractivity contribution is 6.29. The van der Waals surface area contributed by atoms with Gasteiger partial charge < -0.3 is 4.42 Å². The van der Waals surface area contributed by atoms with Crippen molar-refractivity contribution in [3.05, 3.63) is 84.0 Å². The fraction of sp³-hybridized carbons (Fsp3) is 0. The van der Waals surface area contributed by atoms with Crippen LogP contribution in [0, 0.1) is 0 Å². The molecule has 0 saturated carbocycles. The Morgan fingerprint density at radius 3 is 2.38 bits per heavy atom. The van der Waals surface area contributed by atoms with Gasteiger partial charge in [-0.3, -0.25) is 0 Å². The van der Waals surface area contributed by atoms with E-state index in [1.165, 1.54) is 0 Å². The number of fused-ring (bicyclic) bond motifs is 3. The molecule has 0 aliphatic heterocycles. The molecule has 26 heavy (non-hydrogen) atoms. The van der Waals surface area contributed by atoms with E-state index in [1.54, 1.807) is 6.07 Å². The summed E-state index contributed by atoms with van der Waals surface area (Å²) in [5, 5.41) is 2.53. The molecule has 0 fully saturated rings. The van der Waals surface area contributed by atoms with Crippen molar-refractivity contribution < 1.29 is 4.42 Å². The van der Waals surface area contributed by atoms with Crippen LogP contribution in [0.4, 0.5) is 0 Å². The van der Waals surface area contributed by atoms with E-state index in [-0.39, 0.29) is 0 Å². The van der Waals surface area contributed by atoms with Gasteiger partial charge in [-0.15, -0.1) is 0 Å². The zero-order valence-electron chi connectivity index (χ0n) is 13.7. The third-order valence-corrected chi connectivity index (χ3v) is 4.60. The molecule has 0 aliphatic rings. The Labute approximate surface area is 154 Å². The SMILES string of the molecule is Clc1cc(-c2ccccc2)nc(-c2cccc3c2oc2ccccc23)n1. The molecule has 0 spiro atoms. The van der Waals surface area contributed by atoms with Gasteiger partial charge in [-0.1, -0.05) is 72.3 Å². The summed E-state index contributed by atoms with van der Waals surface area (Å²) in [5.41, 5.74) is 4.23. The smallest absolute Gasteiger partial charge is 0.165 e. The quantitative estimate of drug-likeness (QED) is 0.345. The highest BCUT2D eigenvalue weighted by Crippen LogP contribution is 2.35. The highest BCUT2D eigenvalue weighted by Gasteiger charge is 2.15. The van der Waals surface area contributed by atoms with Crippen molar-refractivity contribution in [1.82, 2.24) is 9.97 Å². The molecule has 0 N–H and O–H groups in total. The number of hydrogen-bond acceptors (Lipinski definition) is 3. The summed E-state index contributed by atoms with van der Waals surface area (Å²) in [7, 11) is 0. The maximum absolute atomic E-state index is 6.30. The zero-order valence-corrected chi connectivity index (χ0v) is 14.4. The molecule has 124 valence electrons. The molecule has 0 aliphatic carbocycles. The zero-order chi connectivity index (χ0) is 17.5. The van der Waals surface area contributed by atoms with Crippen LogP contribution in [-0.2, 0) is 0 Å². The van der Waals surface area contributed by atoms with Crippen molar-refractivity contribution in [2.75, 3.05) is 0 Å². The summed E-state index contributed by atoms with van der Waals surface area (Å²) in [4.78, 5) is 9.18. The predicted molar refractivity (Wildman–Crippen MR) is 105 cm³/mol. The van der Waals surface area contributed by atoms with Gasteiger partial charge in [0.1, 0.15) is 16.3 Å². The molecule has 0 amide bonds. The van der Waals surface area contributed by atoms with Crippen LogP contribution in [0.25, 0.3) is 44.6 Å². The summed E-state index contributed by atoms with van der Waals surface area (Å²) in [6, 6.07) is 25.7. The molecule has 2 aromatic heterocycles. The van der Waals surface area contributed by atoms with Crippen LogP contribution in [0.1, 0.15) is 0 Å². The fourth-order valence-corrected chi connectivity index (χ4v) is 3.40. The number of rotatable bonds is 2. The molecular weight excluding hydrogens is 344 g/mol. The number of benzene rings is 3. The van der Waals surface area contributed by atoms with Crippen molar-refractivity contribution in [2.45, 2.75) is 0 Å². The van der Waals surface area contributed by atoms with Crippen molar-refractivity contribution in [3.63, 3.8) is 0 Å². The second-order valence-corrected chi connectivity index (χ2v) is 6.43. The molecule has 2 heterocycles. The first-order chi connectivity index (χ1) is 12.8. The highest BCUT2D eigenvalue weighted by atomic mass is 35.5. The average molecular weight is 357 g/mol. The fourth-order valence-electron chi connectivity index (χ4n) is 3.22. The van der Waals surface area contributed by atoms with E-state index in [9.17, 15) is 0 Å². The molecule has 3 aromatic carbocycles. The molecule has 3 nitrogen and oxygen atoms in total. The van der Waals surface area contributed by atoms with Gasteiger partial charge >= 0.3 is 0 Å². The van der Waals surface area contributed by atoms with Gasteiger partial charge in [-0.25, -0.2) is 9.97 Å².